The molecule has 1 unspecified atom stereocenters. The number of halogens is 3. The van der Waals surface area contributed by atoms with Gasteiger partial charge in [0.15, 0.2) is 0 Å². The molecular formula is C18H22F3N3O3. The Labute approximate surface area is 155 Å². The maximum Gasteiger partial charge on any atom is 0.573 e. The average Bonchev–Trinajstić information content (AvgIpc) is 3.22. The zero-order chi connectivity index (χ0) is 19.7. The Morgan fingerprint density at radius 1 is 1.11 bits per heavy atom. The van der Waals surface area contributed by atoms with E-state index in [0.29, 0.717) is 31.7 Å². The van der Waals surface area contributed by atoms with E-state index in [0.717, 1.165) is 31.5 Å². The molecule has 2 saturated heterocycles. The largest absolute Gasteiger partial charge is 0.573 e. The topological polar surface area (TPSA) is 61.9 Å². The van der Waals surface area contributed by atoms with Crippen LogP contribution in [0, 0.1) is 5.41 Å². The van der Waals surface area contributed by atoms with Gasteiger partial charge in [-0.3, -0.25) is 4.79 Å². The van der Waals surface area contributed by atoms with Crippen LogP contribution in [-0.2, 0) is 4.79 Å². The van der Waals surface area contributed by atoms with Gasteiger partial charge in [0.05, 0.1) is 0 Å². The van der Waals surface area contributed by atoms with Crippen molar-refractivity contribution in [2.24, 2.45) is 5.41 Å². The summed E-state index contributed by atoms with van der Waals surface area (Å²) in [4.78, 5) is 27.9. The number of likely N-dealkylation sites (tertiary alicyclic amines) is 2. The molecule has 2 heterocycles. The Balaban J connectivity index is 1.54. The van der Waals surface area contributed by atoms with Gasteiger partial charge in [0.25, 0.3) is 0 Å². The lowest BCUT2D eigenvalue weighted by atomic mass is 9.86. The molecule has 0 aromatic heterocycles. The van der Waals surface area contributed by atoms with Crippen molar-refractivity contribution in [2.75, 3.05) is 31.5 Å². The van der Waals surface area contributed by atoms with E-state index >= 15 is 0 Å². The van der Waals surface area contributed by atoms with Crippen LogP contribution in [0.15, 0.2) is 24.3 Å². The number of amides is 3. The van der Waals surface area contributed by atoms with E-state index < -0.39 is 6.36 Å². The predicted octanol–water partition coefficient (Wildman–Crippen LogP) is 3.45. The molecule has 2 aliphatic heterocycles. The molecule has 1 atom stereocenters. The Morgan fingerprint density at radius 3 is 2.30 bits per heavy atom. The number of ether oxygens (including phenoxy) is 1. The van der Waals surface area contributed by atoms with Crippen molar-refractivity contribution < 1.29 is 27.5 Å². The zero-order valence-electron chi connectivity index (χ0n) is 15.0. The number of hydrogen-bond acceptors (Lipinski definition) is 3. The fraction of sp³-hybridized carbons (Fsp3) is 0.556. The summed E-state index contributed by atoms with van der Waals surface area (Å²) in [5.74, 6) is -0.205. The summed E-state index contributed by atoms with van der Waals surface area (Å²) >= 11 is 0. The second-order valence-corrected chi connectivity index (χ2v) is 7.09. The molecule has 6 nitrogen and oxygen atoms in total. The molecule has 3 rings (SSSR count). The standard InChI is InChI=1S/C18H22F3N3O3/c1-2-15(25)23-9-7-17(11-23)8-10-24(12-17)16(26)22-13-3-5-14(6-4-13)27-18(19,20)21/h3-6H,2,7-12H2,1H3,(H,22,26). The molecule has 0 bridgehead atoms. The Bertz CT molecular complexity index is 708. The molecular weight excluding hydrogens is 363 g/mol. The number of carbonyl (C=O) groups is 2. The van der Waals surface area contributed by atoms with Gasteiger partial charge in [0.1, 0.15) is 5.75 Å². The summed E-state index contributed by atoms with van der Waals surface area (Å²) in [6.45, 7) is 4.40. The fourth-order valence-corrected chi connectivity index (χ4v) is 3.76. The van der Waals surface area contributed by atoms with Crippen LogP contribution in [0.3, 0.4) is 0 Å². The third kappa shape index (κ3) is 4.64. The summed E-state index contributed by atoms with van der Waals surface area (Å²) < 4.78 is 40.3. The number of hydrogen-bond donors (Lipinski definition) is 1. The van der Waals surface area contributed by atoms with Crippen molar-refractivity contribution in [3.63, 3.8) is 0 Å². The molecule has 27 heavy (non-hydrogen) atoms. The van der Waals surface area contributed by atoms with Crippen LogP contribution in [-0.4, -0.2) is 54.3 Å². The van der Waals surface area contributed by atoms with E-state index in [1.54, 1.807) is 4.90 Å². The van der Waals surface area contributed by atoms with E-state index in [9.17, 15) is 22.8 Å². The minimum Gasteiger partial charge on any atom is -0.406 e. The number of nitrogens with one attached hydrogen (secondary N) is 1. The van der Waals surface area contributed by atoms with E-state index in [1.165, 1.54) is 12.1 Å². The molecule has 0 radical (unpaired) electrons. The summed E-state index contributed by atoms with van der Waals surface area (Å²) in [5, 5.41) is 2.70. The first-order valence-electron chi connectivity index (χ1n) is 8.89. The highest BCUT2D eigenvalue weighted by atomic mass is 19.4. The zero-order valence-corrected chi connectivity index (χ0v) is 15.0. The maximum absolute atomic E-state index is 12.5. The lowest BCUT2D eigenvalue weighted by Gasteiger charge is -2.24. The minimum absolute atomic E-state index is 0.0490. The molecule has 1 aromatic carbocycles. The Kier molecular flexibility index (Phi) is 5.21. The van der Waals surface area contributed by atoms with Crippen molar-refractivity contribution in [1.82, 2.24) is 9.80 Å². The van der Waals surface area contributed by atoms with E-state index in [-0.39, 0.29) is 23.1 Å². The number of benzene rings is 1. The van der Waals surface area contributed by atoms with Crippen LogP contribution in [0.25, 0.3) is 0 Å². The fourth-order valence-electron chi connectivity index (χ4n) is 3.76. The van der Waals surface area contributed by atoms with Crippen molar-refractivity contribution in [3.8, 4) is 5.75 Å². The smallest absolute Gasteiger partial charge is 0.406 e. The first-order chi connectivity index (χ1) is 12.7. The number of alkyl halides is 3. The summed E-state index contributed by atoms with van der Waals surface area (Å²) in [7, 11) is 0. The number of carbonyl (C=O) groups excluding carboxylic acids is 2. The summed E-state index contributed by atoms with van der Waals surface area (Å²) in [6.07, 6.45) is -2.55. The highest BCUT2D eigenvalue weighted by molar-refractivity contribution is 5.89. The average molecular weight is 385 g/mol. The second-order valence-electron chi connectivity index (χ2n) is 7.09. The SMILES string of the molecule is CCC(=O)N1CCC2(CCN(C(=O)Nc3ccc(OC(F)(F)F)cc3)C2)C1. The van der Waals surface area contributed by atoms with Gasteiger partial charge >= 0.3 is 12.4 Å². The molecule has 2 fully saturated rings. The van der Waals surface area contributed by atoms with Crippen LogP contribution >= 0.6 is 0 Å². The third-order valence-corrected chi connectivity index (χ3v) is 5.16. The van der Waals surface area contributed by atoms with Crippen molar-refractivity contribution in [3.05, 3.63) is 24.3 Å². The third-order valence-electron chi connectivity index (χ3n) is 5.16. The predicted molar refractivity (Wildman–Crippen MR) is 92.3 cm³/mol. The Morgan fingerprint density at radius 2 is 1.70 bits per heavy atom. The molecule has 2 aliphatic rings. The van der Waals surface area contributed by atoms with Crippen LogP contribution in [0.2, 0.25) is 0 Å². The van der Waals surface area contributed by atoms with Gasteiger partial charge in [0, 0.05) is 43.7 Å². The first-order valence-corrected chi connectivity index (χ1v) is 8.89. The molecule has 3 amide bonds. The molecule has 0 saturated carbocycles. The highest BCUT2D eigenvalue weighted by Crippen LogP contribution is 2.39. The van der Waals surface area contributed by atoms with Crippen molar-refractivity contribution >= 4 is 17.6 Å². The number of anilines is 1. The first kappa shape index (κ1) is 19.3. The van der Waals surface area contributed by atoms with Crippen LogP contribution < -0.4 is 10.1 Å². The molecule has 1 spiro atoms. The second kappa shape index (κ2) is 7.28. The number of nitrogens with zero attached hydrogens (tertiary/aromatic N) is 2. The van der Waals surface area contributed by atoms with Crippen molar-refractivity contribution in [2.45, 2.75) is 32.5 Å². The van der Waals surface area contributed by atoms with Gasteiger partial charge in [-0.15, -0.1) is 13.2 Å². The van der Waals surface area contributed by atoms with E-state index in [1.807, 2.05) is 11.8 Å². The van der Waals surface area contributed by atoms with E-state index in [4.69, 9.17) is 0 Å². The van der Waals surface area contributed by atoms with Crippen LogP contribution in [0.1, 0.15) is 26.2 Å². The van der Waals surface area contributed by atoms with E-state index in [2.05, 4.69) is 10.1 Å². The lowest BCUT2D eigenvalue weighted by Crippen LogP contribution is -2.37. The highest BCUT2D eigenvalue weighted by Gasteiger charge is 2.45. The van der Waals surface area contributed by atoms with Crippen LogP contribution in [0.4, 0.5) is 23.7 Å². The van der Waals surface area contributed by atoms with Crippen LogP contribution in [0.5, 0.6) is 5.75 Å². The molecule has 0 aliphatic carbocycles. The van der Waals surface area contributed by atoms with Gasteiger partial charge in [-0.1, -0.05) is 6.92 Å². The maximum atomic E-state index is 12.5. The monoisotopic (exact) mass is 385 g/mol. The van der Waals surface area contributed by atoms with Crippen molar-refractivity contribution in [1.29, 1.82) is 0 Å². The molecule has 9 heteroatoms. The summed E-state index contributed by atoms with van der Waals surface area (Å²) in [5.41, 5.74) is 0.344. The molecule has 1 aromatic rings. The number of rotatable bonds is 3. The quantitative estimate of drug-likeness (QED) is 0.867. The van der Waals surface area contributed by atoms with Gasteiger partial charge in [0.2, 0.25) is 5.91 Å². The van der Waals surface area contributed by atoms with Gasteiger partial charge in [-0.25, -0.2) is 4.79 Å². The minimum atomic E-state index is -4.75. The lowest BCUT2D eigenvalue weighted by molar-refractivity contribution is -0.274. The summed E-state index contributed by atoms with van der Waals surface area (Å²) in [6, 6.07) is 4.74. The normalized spacial score (nSPS) is 22.4. The molecule has 1 N–H and O–H groups in total. The number of urea groups is 1. The molecule has 148 valence electrons. The van der Waals surface area contributed by atoms with Gasteiger partial charge in [-0.05, 0) is 37.1 Å². The van der Waals surface area contributed by atoms with Gasteiger partial charge < -0.3 is 19.9 Å². The van der Waals surface area contributed by atoms with Gasteiger partial charge in [-0.2, -0.15) is 0 Å². The Hall–Kier alpha value is -2.45.